The number of hydrogen-bond donors (Lipinski definition) is 3. The average molecular weight is 356 g/mol. The Hall–Kier alpha value is -3.13. The minimum Gasteiger partial charge on any atom is -0.496 e. The highest BCUT2D eigenvalue weighted by Crippen LogP contribution is 2.33. The number of aromatic nitrogens is 3. The number of H-pyrrole nitrogens is 1. The van der Waals surface area contributed by atoms with E-state index in [4.69, 9.17) is 9.47 Å². The summed E-state index contributed by atoms with van der Waals surface area (Å²) in [6, 6.07) is 5.74. The van der Waals surface area contributed by atoms with Gasteiger partial charge < -0.3 is 24.9 Å². The summed E-state index contributed by atoms with van der Waals surface area (Å²) in [4.78, 5) is 23.3. The van der Waals surface area contributed by atoms with E-state index in [2.05, 4.69) is 20.3 Å². The van der Waals surface area contributed by atoms with Crippen LogP contribution in [0.1, 0.15) is 12.6 Å². The lowest BCUT2D eigenvalue weighted by molar-refractivity contribution is -0.128. The van der Waals surface area contributed by atoms with Crippen molar-refractivity contribution < 1.29 is 19.4 Å². The Labute approximate surface area is 150 Å². The maximum Gasteiger partial charge on any atom is 0.248 e. The van der Waals surface area contributed by atoms with Gasteiger partial charge in [0.1, 0.15) is 11.9 Å². The molecule has 0 bridgehead atoms. The SMILES string of the molecule is COc1cnc(-c2cc3[nH]c(CNC(=O)[C@@H](C)O)cc3cc2OC)cn1. The third-order valence-electron chi connectivity index (χ3n) is 3.94. The number of aliphatic hydroxyl groups is 1. The molecule has 2 aromatic heterocycles. The monoisotopic (exact) mass is 356 g/mol. The minimum atomic E-state index is -1.04. The molecule has 3 aromatic rings. The normalized spacial score (nSPS) is 12.0. The summed E-state index contributed by atoms with van der Waals surface area (Å²) in [6.07, 6.45) is 2.12. The van der Waals surface area contributed by atoms with E-state index >= 15 is 0 Å². The molecule has 0 aliphatic rings. The number of carbonyl (C=O) groups is 1. The molecule has 0 fully saturated rings. The standard InChI is InChI=1S/C18H20N4O4/c1-10(23)18(24)21-7-12-4-11-5-16(25-2)13(6-14(11)22-12)15-8-20-17(26-3)9-19-15/h4-6,8-10,22-23H,7H2,1-3H3,(H,21,24)/t10-/m1/s1. The van der Waals surface area contributed by atoms with E-state index < -0.39 is 12.0 Å². The van der Waals surface area contributed by atoms with E-state index in [-0.39, 0.29) is 0 Å². The van der Waals surface area contributed by atoms with Crippen molar-refractivity contribution in [1.29, 1.82) is 0 Å². The summed E-state index contributed by atoms with van der Waals surface area (Å²) >= 11 is 0. The summed E-state index contributed by atoms with van der Waals surface area (Å²) in [7, 11) is 3.13. The third-order valence-corrected chi connectivity index (χ3v) is 3.94. The van der Waals surface area contributed by atoms with Crippen LogP contribution in [0.2, 0.25) is 0 Å². The number of ether oxygens (including phenoxy) is 2. The van der Waals surface area contributed by atoms with E-state index in [1.54, 1.807) is 19.5 Å². The number of benzene rings is 1. The zero-order valence-electron chi connectivity index (χ0n) is 14.7. The van der Waals surface area contributed by atoms with Gasteiger partial charge in [0.15, 0.2) is 0 Å². The summed E-state index contributed by atoms with van der Waals surface area (Å²) in [5.74, 6) is 0.677. The van der Waals surface area contributed by atoms with Gasteiger partial charge in [0, 0.05) is 22.2 Å². The Morgan fingerprint density at radius 2 is 2.04 bits per heavy atom. The molecule has 0 unspecified atom stereocenters. The van der Waals surface area contributed by atoms with E-state index in [1.165, 1.54) is 14.0 Å². The van der Waals surface area contributed by atoms with Crippen LogP contribution < -0.4 is 14.8 Å². The summed E-state index contributed by atoms with van der Waals surface area (Å²) in [5, 5.41) is 12.8. The van der Waals surface area contributed by atoms with Crippen molar-refractivity contribution in [3.8, 4) is 22.9 Å². The molecule has 8 heteroatoms. The number of amides is 1. The number of methoxy groups -OCH3 is 2. The fourth-order valence-electron chi connectivity index (χ4n) is 2.57. The van der Waals surface area contributed by atoms with Gasteiger partial charge >= 0.3 is 0 Å². The van der Waals surface area contributed by atoms with Crippen LogP contribution in [0.4, 0.5) is 0 Å². The lowest BCUT2D eigenvalue weighted by Crippen LogP contribution is -2.32. The highest BCUT2D eigenvalue weighted by molar-refractivity contribution is 5.88. The van der Waals surface area contributed by atoms with Gasteiger partial charge in [-0.05, 0) is 25.1 Å². The number of fused-ring (bicyclic) bond motifs is 1. The molecule has 8 nitrogen and oxygen atoms in total. The first-order chi connectivity index (χ1) is 12.5. The highest BCUT2D eigenvalue weighted by Gasteiger charge is 2.13. The van der Waals surface area contributed by atoms with Gasteiger partial charge in [0.2, 0.25) is 11.8 Å². The van der Waals surface area contributed by atoms with Gasteiger partial charge in [0.25, 0.3) is 0 Å². The van der Waals surface area contributed by atoms with Gasteiger partial charge in [-0.25, -0.2) is 9.97 Å². The topological polar surface area (TPSA) is 109 Å². The molecule has 0 saturated heterocycles. The number of rotatable bonds is 6. The van der Waals surface area contributed by atoms with Crippen molar-refractivity contribution in [3.05, 3.63) is 36.3 Å². The van der Waals surface area contributed by atoms with Crippen LogP contribution in [0.3, 0.4) is 0 Å². The Kier molecular flexibility index (Phi) is 5.04. The number of aromatic amines is 1. The quantitative estimate of drug-likeness (QED) is 0.619. The predicted octanol–water partition coefficient (Wildman–Crippen LogP) is 1.64. The fraction of sp³-hybridized carbons (Fsp3) is 0.278. The molecule has 0 spiro atoms. The Bertz CT molecular complexity index is 919. The second kappa shape index (κ2) is 7.40. The maximum atomic E-state index is 11.5. The number of nitrogens with one attached hydrogen (secondary N) is 2. The number of aliphatic hydroxyl groups excluding tert-OH is 1. The fourth-order valence-corrected chi connectivity index (χ4v) is 2.57. The molecule has 0 radical (unpaired) electrons. The van der Waals surface area contributed by atoms with Crippen LogP contribution in [0.15, 0.2) is 30.6 Å². The van der Waals surface area contributed by atoms with Crippen molar-refractivity contribution in [2.24, 2.45) is 0 Å². The van der Waals surface area contributed by atoms with Gasteiger partial charge in [-0.1, -0.05) is 0 Å². The van der Waals surface area contributed by atoms with Gasteiger partial charge in [0.05, 0.1) is 38.9 Å². The average Bonchev–Trinajstić information content (AvgIpc) is 3.06. The third kappa shape index (κ3) is 3.60. The lowest BCUT2D eigenvalue weighted by Gasteiger charge is -2.08. The predicted molar refractivity (Wildman–Crippen MR) is 96.0 cm³/mol. The van der Waals surface area contributed by atoms with Crippen molar-refractivity contribution in [1.82, 2.24) is 20.3 Å². The second-order valence-corrected chi connectivity index (χ2v) is 5.77. The van der Waals surface area contributed by atoms with Crippen LogP contribution >= 0.6 is 0 Å². The van der Waals surface area contributed by atoms with Crippen molar-refractivity contribution in [3.63, 3.8) is 0 Å². The first-order valence-corrected chi connectivity index (χ1v) is 8.03. The van der Waals surface area contributed by atoms with E-state index in [0.717, 1.165) is 22.2 Å². The van der Waals surface area contributed by atoms with Gasteiger partial charge in [-0.15, -0.1) is 0 Å². The van der Waals surface area contributed by atoms with Crippen LogP contribution in [-0.4, -0.2) is 46.3 Å². The van der Waals surface area contributed by atoms with Crippen molar-refractivity contribution in [2.75, 3.05) is 14.2 Å². The molecule has 0 saturated carbocycles. The molecule has 2 heterocycles. The molecule has 1 amide bonds. The number of hydrogen-bond acceptors (Lipinski definition) is 6. The van der Waals surface area contributed by atoms with Crippen LogP contribution in [0.25, 0.3) is 22.2 Å². The van der Waals surface area contributed by atoms with Gasteiger partial charge in [-0.3, -0.25) is 4.79 Å². The molecule has 26 heavy (non-hydrogen) atoms. The summed E-state index contributed by atoms with van der Waals surface area (Å²) in [6.45, 7) is 1.71. The molecule has 3 rings (SSSR count). The number of carbonyl (C=O) groups excluding carboxylic acids is 1. The van der Waals surface area contributed by atoms with Crippen molar-refractivity contribution >= 4 is 16.8 Å². The molecule has 0 aliphatic carbocycles. The van der Waals surface area contributed by atoms with E-state index in [0.29, 0.717) is 23.9 Å². The first kappa shape index (κ1) is 17.7. The molecule has 3 N–H and O–H groups in total. The zero-order valence-corrected chi connectivity index (χ0v) is 14.7. The van der Waals surface area contributed by atoms with E-state index in [9.17, 15) is 9.90 Å². The van der Waals surface area contributed by atoms with Crippen LogP contribution in [0, 0.1) is 0 Å². The van der Waals surface area contributed by atoms with Crippen molar-refractivity contribution in [2.45, 2.75) is 19.6 Å². The summed E-state index contributed by atoms with van der Waals surface area (Å²) in [5.41, 5.74) is 3.13. The van der Waals surface area contributed by atoms with Crippen LogP contribution in [0.5, 0.6) is 11.6 Å². The molecule has 136 valence electrons. The summed E-state index contributed by atoms with van der Waals surface area (Å²) < 4.78 is 10.5. The van der Waals surface area contributed by atoms with Crippen LogP contribution in [-0.2, 0) is 11.3 Å². The Morgan fingerprint density at radius 1 is 1.23 bits per heavy atom. The highest BCUT2D eigenvalue weighted by atomic mass is 16.5. The molecule has 1 aromatic carbocycles. The zero-order chi connectivity index (χ0) is 18.7. The minimum absolute atomic E-state index is 0.290. The smallest absolute Gasteiger partial charge is 0.248 e. The number of nitrogens with zero attached hydrogens (tertiary/aromatic N) is 2. The van der Waals surface area contributed by atoms with Gasteiger partial charge in [-0.2, -0.15) is 0 Å². The second-order valence-electron chi connectivity index (χ2n) is 5.77. The molecule has 0 aliphatic heterocycles. The molecular formula is C18H20N4O4. The molecular weight excluding hydrogens is 336 g/mol. The largest absolute Gasteiger partial charge is 0.496 e. The maximum absolute atomic E-state index is 11.5. The Balaban J connectivity index is 1.93. The van der Waals surface area contributed by atoms with E-state index in [1.807, 2.05) is 18.2 Å². The lowest BCUT2D eigenvalue weighted by atomic mass is 10.1. The Morgan fingerprint density at radius 3 is 2.65 bits per heavy atom. The molecule has 1 atom stereocenters. The first-order valence-electron chi connectivity index (χ1n) is 8.03.